The van der Waals surface area contributed by atoms with Crippen LogP contribution in [0, 0.1) is 18.3 Å². The van der Waals surface area contributed by atoms with Crippen molar-refractivity contribution in [3.05, 3.63) is 73.3 Å². The minimum Gasteiger partial charge on any atom is -0.449 e. The molecule has 0 saturated carbocycles. The van der Waals surface area contributed by atoms with Gasteiger partial charge < -0.3 is 14.7 Å². The molecule has 1 aromatic carbocycles. The lowest BCUT2D eigenvalue weighted by Gasteiger charge is -2.03. The molecule has 0 spiro atoms. The molecule has 3 aromatic rings. The van der Waals surface area contributed by atoms with Gasteiger partial charge in [-0.3, -0.25) is 9.59 Å². The van der Waals surface area contributed by atoms with Crippen LogP contribution in [-0.4, -0.2) is 15.9 Å². The molecule has 146 valence electrons. The lowest BCUT2D eigenvalue weighted by molar-refractivity contribution is -0.112. The Morgan fingerprint density at radius 3 is 2.76 bits per heavy atom. The van der Waals surface area contributed by atoms with Crippen LogP contribution >= 0.6 is 39.3 Å². The zero-order valence-corrected chi connectivity index (χ0v) is 18.0. The van der Waals surface area contributed by atoms with Crippen LogP contribution in [0.25, 0.3) is 6.08 Å². The van der Waals surface area contributed by atoms with E-state index in [1.165, 1.54) is 12.1 Å². The van der Waals surface area contributed by atoms with Gasteiger partial charge in [-0.25, -0.2) is 4.98 Å². The predicted octanol–water partition coefficient (Wildman–Crippen LogP) is 4.78. The van der Waals surface area contributed by atoms with E-state index in [9.17, 15) is 14.9 Å². The van der Waals surface area contributed by atoms with E-state index in [4.69, 9.17) is 16.0 Å². The van der Waals surface area contributed by atoms with Crippen LogP contribution < -0.4 is 10.9 Å². The maximum Gasteiger partial charge on any atom is 0.266 e. The molecule has 0 unspecified atom stereocenters. The first kappa shape index (κ1) is 20.9. The first-order chi connectivity index (χ1) is 13.8. The molecule has 0 aliphatic rings. The van der Waals surface area contributed by atoms with Crippen molar-refractivity contribution in [2.75, 3.05) is 5.32 Å². The van der Waals surface area contributed by atoms with Crippen molar-refractivity contribution in [1.82, 2.24) is 9.97 Å². The fraction of sp³-hybridized carbons (Fsp3) is 0.0526. The molecule has 0 aliphatic carbocycles. The highest BCUT2D eigenvalue weighted by atomic mass is 79.9. The Bertz CT molecular complexity index is 1200. The number of nitrogens with one attached hydrogen (secondary N) is 2. The second-order valence-electron chi connectivity index (χ2n) is 5.71. The second kappa shape index (κ2) is 9.13. The molecule has 29 heavy (non-hydrogen) atoms. The summed E-state index contributed by atoms with van der Waals surface area (Å²) in [5, 5.41) is 13.3. The number of nitriles is 1. The number of aryl methyl sites for hydroxylation is 1. The molecule has 0 aliphatic heterocycles. The van der Waals surface area contributed by atoms with E-state index in [0.29, 0.717) is 31.1 Å². The first-order valence-corrected chi connectivity index (χ1v) is 10.1. The molecule has 2 N–H and O–H groups in total. The van der Waals surface area contributed by atoms with Crippen LogP contribution in [0.4, 0.5) is 5.69 Å². The molecular formula is C19H12BrClN4O3S. The topological polar surface area (TPSA) is 112 Å². The van der Waals surface area contributed by atoms with Crippen LogP contribution in [-0.2, 0) is 4.79 Å². The van der Waals surface area contributed by atoms with Crippen LogP contribution in [0.5, 0.6) is 0 Å². The first-order valence-electron chi connectivity index (χ1n) is 8.08. The third kappa shape index (κ3) is 5.60. The van der Waals surface area contributed by atoms with Crippen molar-refractivity contribution in [2.45, 2.75) is 17.2 Å². The number of aromatic amines is 1. The summed E-state index contributed by atoms with van der Waals surface area (Å²) < 4.78 is 6.27. The van der Waals surface area contributed by atoms with Crippen LogP contribution in [0.15, 0.2) is 65.9 Å². The van der Waals surface area contributed by atoms with Crippen molar-refractivity contribution < 1.29 is 9.21 Å². The minimum absolute atomic E-state index is 0.139. The third-order valence-electron chi connectivity index (χ3n) is 3.47. The minimum atomic E-state index is -0.582. The normalized spacial score (nSPS) is 11.2. The van der Waals surface area contributed by atoms with Crippen LogP contribution in [0.1, 0.15) is 11.5 Å². The lowest BCUT2D eigenvalue weighted by atomic mass is 10.2. The van der Waals surface area contributed by atoms with Gasteiger partial charge in [0.05, 0.1) is 4.47 Å². The molecule has 0 bridgehead atoms. The molecule has 0 fully saturated rings. The van der Waals surface area contributed by atoms with Gasteiger partial charge in [-0.2, -0.15) is 5.26 Å². The summed E-state index contributed by atoms with van der Waals surface area (Å²) in [5.74, 6) is -0.293. The number of anilines is 1. The Labute approximate surface area is 182 Å². The zero-order valence-electron chi connectivity index (χ0n) is 14.8. The molecule has 1 amide bonds. The number of nitrogens with zero attached hydrogens (tertiary/aromatic N) is 2. The number of carbonyl (C=O) groups is 1. The summed E-state index contributed by atoms with van der Waals surface area (Å²) >= 11 is 10.3. The maximum atomic E-state index is 12.3. The van der Waals surface area contributed by atoms with Crippen LogP contribution in [0.3, 0.4) is 0 Å². The predicted molar refractivity (Wildman–Crippen MR) is 114 cm³/mol. The number of benzene rings is 1. The van der Waals surface area contributed by atoms with Crippen molar-refractivity contribution in [3.63, 3.8) is 0 Å². The highest BCUT2D eigenvalue weighted by molar-refractivity contribution is 9.10. The lowest BCUT2D eigenvalue weighted by Crippen LogP contribution is -2.13. The van der Waals surface area contributed by atoms with Crippen molar-refractivity contribution >= 4 is 57.0 Å². The van der Waals surface area contributed by atoms with E-state index in [-0.39, 0.29) is 16.9 Å². The number of H-pyrrole nitrogens is 1. The molecule has 2 aromatic heterocycles. The van der Waals surface area contributed by atoms with Gasteiger partial charge in [0.2, 0.25) is 0 Å². The summed E-state index contributed by atoms with van der Waals surface area (Å²) in [6.07, 6.45) is 1.33. The van der Waals surface area contributed by atoms with Gasteiger partial charge in [0.15, 0.2) is 10.2 Å². The number of halogens is 2. The standard InChI is InChI=1S/C19H12BrClN4O3S/c1-10-6-16(26)25-19(23-10)29-18-15(20)8-14(28-18)7-11(9-22)17(27)24-13-4-2-12(21)3-5-13/h2-8H,1H3,(H,24,27)(H,23,25,26)/b11-7+. The number of furan rings is 1. The number of hydrogen-bond acceptors (Lipinski definition) is 6. The number of aromatic nitrogens is 2. The van der Waals surface area contributed by atoms with Crippen LogP contribution in [0.2, 0.25) is 5.02 Å². The van der Waals surface area contributed by atoms with E-state index in [2.05, 4.69) is 31.2 Å². The number of hydrogen-bond donors (Lipinski definition) is 2. The highest BCUT2D eigenvalue weighted by Crippen LogP contribution is 2.34. The van der Waals surface area contributed by atoms with Crippen molar-refractivity contribution in [2.24, 2.45) is 0 Å². The van der Waals surface area contributed by atoms with E-state index >= 15 is 0 Å². The fourth-order valence-electron chi connectivity index (χ4n) is 2.22. The molecular weight excluding hydrogens is 480 g/mol. The average molecular weight is 492 g/mol. The van der Waals surface area contributed by atoms with Gasteiger partial charge in [-0.1, -0.05) is 11.6 Å². The summed E-state index contributed by atoms with van der Waals surface area (Å²) in [5.41, 5.74) is 0.671. The quantitative estimate of drug-likeness (QED) is 0.302. The Balaban J connectivity index is 1.80. The number of carbonyl (C=O) groups excluding carboxylic acids is 1. The van der Waals surface area contributed by atoms with Gasteiger partial charge in [0.25, 0.3) is 11.5 Å². The van der Waals surface area contributed by atoms with E-state index in [1.807, 2.05) is 6.07 Å². The summed E-state index contributed by atoms with van der Waals surface area (Å²) in [4.78, 5) is 30.8. The van der Waals surface area contributed by atoms with Crippen molar-refractivity contribution in [1.29, 1.82) is 5.26 Å². The second-order valence-corrected chi connectivity index (χ2v) is 7.96. The Hall–Kier alpha value is -2.80. The Kier molecular flexibility index (Phi) is 6.59. The highest BCUT2D eigenvalue weighted by Gasteiger charge is 2.15. The summed E-state index contributed by atoms with van der Waals surface area (Å²) in [6.45, 7) is 1.71. The molecule has 0 saturated heterocycles. The number of amides is 1. The Morgan fingerprint density at radius 1 is 1.38 bits per heavy atom. The van der Waals surface area contributed by atoms with Crippen molar-refractivity contribution in [3.8, 4) is 6.07 Å². The molecule has 3 rings (SSSR count). The maximum absolute atomic E-state index is 12.3. The molecule has 7 nitrogen and oxygen atoms in total. The summed E-state index contributed by atoms with van der Waals surface area (Å²) in [7, 11) is 0. The fourth-order valence-corrected chi connectivity index (χ4v) is 3.71. The molecule has 2 heterocycles. The van der Waals surface area contributed by atoms with E-state index in [0.717, 1.165) is 11.8 Å². The van der Waals surface area contributed by atoms with Gasteiger partial charge in [0, 0.05) is 28.5 Å². The largest absolute Gasteiger partial charge is 0.449 e. The smallest absolute Gasteiger partial charge is 0.266 e. The molecule has 0 radical (unpaired) electrons. The van der Waals surface area contributed by atoms with Gasteiger partial charge in [-0.15, -0.1) is 0 Å². The number of rotatable bonds is 5. The zero-order chi connectivity index (χ0) is 21.0. The third-order valence-corrected chi connectivity index (χ3v) is 5.44. The monoisotopic (exact) mass is 490 g/mol. The van der Waals surface area contributed by atoms with Gasteiger partial charge in [-0.05, 0) is 64.9 Å². The van der Waals surface area contributed by atoms with E-state index < -0.39 is 5.91 Å². The average Bonchev–Trinajstić information content (AvgIpc) is 2.99. The molecule has 10 heteroatoms. The summed E-state index contributed by atoms with van der Waals surface area (Å²) in [6, 6.07) is 11.4. The molecule has 0 atom stereocenters. The van der Waals surface area contributed by atoms with E-state index in [1.54, 1.807) is 37.3 Å². The Morgan fingerprint density at radius 2 is 2.10 bits per heavy atom. The van der Waals surface area contributed by atoms with Gasteiger partial charge >= 0.3 is 0 Å². The SMILES string of the molecule is Cc1cc(=O)[nH]c(Sc2oc(/C=C(\C#N)C(=O)Nc3ccc(Cl)cc3)cc2Br)n1. The van der Waals surface area contributed by atoms with Gasteiger partial charge in [0.1, 0.15) is 17.4 Å².